The van der Waals surface area contributed by atoms with Crippen molar-refractivity contribution >= 4 is 46.7 Å². The molecule has 0 atom stereocenters. The molecule has 0 fully saturated rings. The van der Waals surface area contributed by atoms with Gasteiger partial charge in [0.1, 0.15) is 12.4 Å². The number of thiocarbonyl (C=S) groups is 1. The van der Waals surface area contributed by atoms with Crippen LogP contribution in [0.3, 0.4) is 0 Å². The number of hydrogen-bond donors (Lipinski definition) is 2. The molecule has 0 spiro atoms. The van der Waals surface area contributed by atoms with Gasteiger partial charge in [0.25, 0.3) is 0 Å². The van der Waals surface area contributed by atoms with Crippen LogP contribution in [0.4, 0.5) is 0 Å². The number of benzene rings is 2. The normalized spacial score (nSPS) is 10.6. The van der Waals surface area contributed by atoms with Crippen molar-refractivity contribution in [2.75, 3.05) is 7.05 Å². The lowest BCUT2D eigenvalue weighted by Crippen LogP contribution is -2.28. The number of nitrogens with zero attached hydrogens (tertiary/aromatic N) is 1. The van der Waals surface area contributed by atoms with Gasteiger partial charge in [0, 0.05) is 22.7 Å². The summed E-state index contributed by atoms with van der Waals surface area (Å²) < 4.78 is 5.75. The van der Waals surface area contributed by atoms with Crippen molar-refractivity contribution in [3.8, 4) is 5.75 Å². The quantitative estimate of drug-likeness (QED) is 0.476. The SMILES string of the molecule is CNC(=S)N/N=C\c1cccc(OCc2c(Cl)cccc2Cl)c1. The average molecular weight is 368 g/mol. The monoisotopic (exact) mass is 367 g/mol. The van der Waals surface area contributed by atoms with Crippen LogP contribution in [0.15, 0.2) is 47.6 Å². The lowest BCUT2D eigenvalue weighted by atomic mass is 10.2. The van der Waals surface area contributed by atoms with Gasteiger partial charge >= 0.3 is 0 Å². The van der Waals surface area contributed by atoms with E-state index in [0.29, 0.717) is 27.5 Å². The van der Waals surface area contributed by atoms with Crippen molar-refractivity contribution in [3.05, 3.63) is 63.6 Å². The summed E-state index contributed by atoms with van der Waals surface area (Å²) in [4.78, 5) is 0. The molecule has 23 heavy (non-hydrogen) atoms. The zero-order chi connectivity index (χ0) is 16.7. The number of halogens is 2. The Balaban J connectivity index is 2.01. The van der Waals surface area contributed by atoms with Crippen LogP contribution in [-0.4, -0.2) is 18.4 Å². The van der Waals surface area contributed by atoms with E-state index in [2.05, 4.69) is 15.8 Å². The van der Waals surface area contributed by atoms with Gasteiger partial charge in [-0.25, -0.2) is 0 Å². The molecule has 0 aliphatic carbocycles. The van der Waals surface area contributed by atoms with Gasteiger partial charge in [-0.3, -0.25) is 5.43 Å². The maximum atomic E-state index is 6.13. The van der Waals surface area contributed by atoms with Crippen LogP contribution in [0.5, 0.6) is 5.75 Å². The molecule has 0 saturated heterocycles. The van der Waals surface area contributed by atoms with Crippen LogP contribution in [0, 0.1) is 0 Å². The van der Waals surface area contributed by atoms with Crippen molar-refractivity contribution in [2.24, 2.45) is 5.10 Å². The van der Waals surface area contributed by atoms with E-state index in [0.717, 1.165) is 11.1 Å². The minimum absolute atomic E-state index is 0.293. The zero-order valence-electron chi connectivity index (χ0n) is 12.3. The van der Waals surface area contributed by atoms with Crippen molar-refractivity contribution in [3.63, 3.8) is 0 Å². The molecule has 4 nitrogen and oxygen atoms in total. The topological polar surface area (TPSA) is 45.7 Å². The Morgan fingerprint density at radius 1 is 1.22 bits per heavy atom. The average Bonchev–Trinajstić information content (AvgIpc) is 2.54. The van der Waals surface area contributed by atoms with Crippen molar-refractivity contribution < 1.29 is 4.74 Å². The van der Waals surface area contributed by atoms with Gasteiger partial charge in [-0.1, -0.05) is 41.4 Å². The molecule has 0 aliphatic rings. The Bertz CT molecular complexity index is 702. The number of ether oxygens (including phenoxy) is 1. The Hall–Kier alpha value is -1.82. The van der Waals surface area contributed by atoms with Crippen molar-refractivity contribution in [1.29, 1.82) is 0 Å². The van der Waals surface area contributed by atoms with Gasteiger partial charge in [0.05, 0.1) is 6.21 Å². The van der Waals surface area contributed by atoms with Crippen LogP contribution in [-0.2, 0) is 6.61 Å². The zero-order valence-corrected chi connectivity index (χ0v) is 14.7. The van der Waals surface area contributed by atoms with E-state index in [1.807, 2.05) is 24.3 Å². The van der Waals surface area contributed by atoms with E-state index < -0.39 is 0 Å². The Kier molecular flexibility index (Phi) is 6.65. The number of hydrogen-bond acceptors (Lipinski definition) is 3. The summed E-state index contributed by atoms with van der Waals surface area (Å²) in [5.41, 5.74) is 4.32. The molecule has 2 aromatic rings. The van der Waals surface area contributed by atoms with Crippen molar-refractivity contribution in [2.45, 2.75) is 6.61 Å². The van der Waals surface area contributed by atoms with Crippen LogP contribution >= 0.6 is 35.4 Å². The summed E-state index contributed by atoms with van der Waals surface area (Å²) in [5, 5.41) is 8.41. The molecule has 7 heteroatoms. The maximum Gasteiger partial charge on any atom is 0.186 e. The molecule has 0 amide bonds. The third-order valence-corrected chi connectivity index (χ3v) is 3.91. The van der Waals surface area contributed by atoms with Crippen molar-refractivity contribution in [1.82, 2.24) is 10.7 Å². The lowest BCUT2D eigenvalue weighted by molar-refractivity contribution is 0.306. The highest BCUT2D eigenvalue weighted by molar-refractivity contribution is 7.80. The first kappa shape index (κ1) is 17.5. The fourth-order valence-electron chi connectivity index (χ4n) is 1.73. The molecule has 0 bridgehead atoms. The maximum absolute atomic E-state index is 6.13. The van der Waals surface area contributed by atoms with Gasteiger partial charge in [-0.15, -0.1) is 0 Å². The van der Waals surface area contributed by atoms with Crippen LogP contribution < -0.4 is 15.5 Å². The molecule has 0 aromatic heterocycles. The van der Waals surface area contributed by atoms with Crippen LogP contribution in [0.2, 0.25) is 10.0 Å². The van der Waals surface area contributed by atoms with Crippen LogP contribution in [0.1, 0.15) is 11.1 Å². The highest BCUT2D eigenvalue weighted by atomic mass is 35.5. The highest BCUT2D eigenvalue weighted by Crippen LogP contribution is 2.25. The first-order chi connectivity index (χ1) is 11.1. The summed E-state index contributed by atoms with van der Waals surface area (Å²) in [7, 11) is 1.72. The predicted molar refractivity (Wildman–Crippen MR) is 99.6 cm³/mol. The predicted octanol–water partition coefficient (Wildman–Crippen LogP) is 4.00. The molecule has 0 heterocycles. The second kappa shape index (κ2) is 8.72. The fourth-order valence-corrected chi connectivity index (χ4v) is 2.29. The molecule has 0 unspecified atom stereocenters. The number of rotatable bonds is 5. The second-order valence-electron chi connectivity index (χ2n) is 4.51. The molecule has 2 rings (SSSR count). The molecule has 2 aromatic carbocycles. The van der Waals surface area contributed by atoms with Gasteiger partial charge in [0.2, 0.25) is 0 Å². The summed E-state index contributed by atoms with van der Waals surface area (Å²) in [6, 6.07) is 12.9. The van der Waals surface area contributed by atoms with Gasteiger partial charge in [-0.2, -0.15) is 5.10 Å². The van der Waals surface area contributed by atoms with E-state index in [1.54, 1.807) is 31.5 Å². The molecular formula is C16H15Cl2N3OS. The molecule has 120 valence electrons. The molecule has 2 N–H and O–H groups in total. The van der Waals surface area contributed by atoms with E-state index in [9.17, 15) is 0 Å². The number of nitrogens with one attached hydrogen (secondary N) is 2. The lowest BCUT2D eigenvalue weighted by Gasteiger charge is -2.09. The van der Waals surface area contributed by atoms with Gasteiger partial charge in [-0.05, 0) is 42.0 Å². The van der Waals surface area contributed by atoms with Gasteiger partial charge in [0.15, 0.2) is 5.11 Å². The van der Waals surface area contributed by atoms with E-state index in [-0.39, 0.29) is 0 Å². The fraction of sp³-hybridized carbons (Fsp3) is 0.125. The minimum atomic E-state index is 0.293. The first-order valence-electron chi connectivity index (χ1n) is 6.76. The highest BCUT2D eigenvalue weighted by Gasteiger charge is 2.06. The summed E-state index contributed by atoms with van der Waals surface area (Å²) in [6.07, 6.45) is 1.65. The molecular weight excluding hydrogens is 353 g/mol. The minimum Gasteiger partial charge on any atom is -0.489 e. The molecule has 0 aliphatic heterocycles. The Morgan fingerprint density at radius 2 is 1.91 bits per heavy atom. The van der Waals surface area contributed by atoms with E-state index in [4.69, 9.17) is 40.2 Å². The van der Waals surface area contributed by atoms with Gasteiger partial charge < -0.3 is 10.1 Å². The van der Waals surface area contributed by atoms with Crippen LogP contribution in [0.25, 0.3) is 0 Å². The van der Waals surface area contributed by atoms with E-state index in [1.165, 1.54) is 0 Å². The standard InChI is InChI=1S/C16H15Cl2N3OS/c1-19-16(23)21-20-9-11-4-2-5-12(8-11)22-10-13-14(17)6-3-7-15(13)18/h2-9H,10H2,1H3,(H2,19,21,23)/b20-9-. The summed E-state index contributed by atoms with van der Waals surface area (Å²) in [5.74, 6) is 0.695. The molecule has 0 saturated carbocycles. The largest absolute Gasteiger partial charge is 0.489 e. The first-order valence-corrected chi connectivity index (χ1v) is 7.93. The third-order valence-electron chi connectivity index (χ3n) is 2.91. The smallest absolute Gasteiger partial charge is 0.186 e. The number of hydrazone groups is 1. The second-order valence-corrected chi connectivity index (χ2v) is 5.73. The third kappa shape index (κ3) is 5.39. The summed E-state index contributed by atoms with van der Waals surface area (Å²) in [6.45, 7) is 0.293. The Labute approximate surface area is 150 Å². The van der Waals surface area contributed by atoms with E-state index >= 15 is 0 Å². The Morgan fingerprint density at radius 3 is 2.61 bits per heavy atom. The molecule has 0 radical (unpaired) electrons. The summed E-state index contributed by atoms with van der Waals surface area (Å²) >= 11 is 17.2.